The summed E-state index contributed by atoms with van der Waals surface area (Å²) in [7, 11) is 0. The van der Waals surface area contributed by atoms with Gasteiger partial charge in [-0.25, -0.2) is 4.79 Å². The van der Waals surface area contributed by atoms with Gasteiger partial charge in [-0.2, -0.15) is 0 Å². The van der Waals surface area contributed by atoms with E-state index >= 15 is 0 Å². The highest BCUT2D eigenvalue weighted by atomic mass is 32.1. The SMILES string of the molecule is C[C@@H]1CN(C(=O)OC(C)(C)C)CCN1C(=O)c1cccs1. The molecule has 0 bridgehead atoms. The molecule has 1 atom stereocenters. The van der Waals surface area contributed by atoms with Crippen LogP contribution in [0, 0.1) is 0 Å². The Balaban J connectivity index is 1.96. The summed E-state index contributed by atoms with van der Waals surface area (Å²) in [6.07, 6.45) is -0.308. The van der Waals surface area contributed by atoms with Crippen molar-refractivity contribution in [2.45, 2.75) is 39.3 Å². The second-order valence-corrected chi connectivity index (χ2v) is 7.20. The van der Waals surface area contributed by atoms with E-state index in [1.807, 2.05) is 50.1 Å². The second kappa shape index (κ2) is 6.05. The van der Waals surface area contributed by atoms with Gasteiger partial charge in [0.2, 0.25) is 0 Å². The quantitative estimate of drug-likeness (QED) is 0.801. The number of hydrogen-bond acceptors (Lipinski definition) is 4. The first-order valence-electron chi connectivity index (χ1n) is 7.10. The zero-order valence-corrected chi connectivity index (χ0v) is 13.8. The number of carbonyl (C=O) groups excluding carboxylic acids is 2. The van der Waals surface area contributed by atoms with Crippen LogP contribution in [0.15, 0.2) is 17.5 Å². The van der Waals surface area contributed by atoms with Crippen molar-refractivity contribution >= 4 is 23.3 Å². The van der Waals surface area contributed by atoms with Crippen LogP contribution in [0.1, 0.15) is 37.4 Å². The smallest absolute Gasteiger partial charge is 0.410 e. The molecule has 0 aromatic carbocycles. The highest BCUT2D eigenvalue weighted by Crippen LogP contribution is 2.19. The molecule has 0 saturated carbocycles. The molecule has 0 N–H and O–H groups in total. The fourth-order valence-corrected chi connectivity index (χ4v) is 2.97. The van der Waals surface area contributed by atoms with Gasteiger partial charge in [-0.15, -0.1) is 11.3 Å². The topological polar surface area (TPSA) is 49.9 Å². The maximum absolute atomic E-state index is 12.4. The van der Waals surface area contributed by atoms with E-state index in [4.69, 9.17) is 4.74 Å². The van der Waals surface area contributed by atoms with E-state index in [1.165, 1.54) is 11.3 Å². The lowest BCUT2D eigenvalue weighted by Gasteiger charge is -2.40. The van der Waals surface area contributed by atoms with Gasteiger partial charge in [0, 0.05) is 25.7 Å². The average Bonchev–Trinajstić information content (AvgIpc) is 2.89. The lowest BCUT2D eigenvalue weighted by atomic mass is 10.2. The molecule has 1 aromatic rings. The number of thiophene rings is 1. The minimum atomic E-state index is -0.496. The van der Waals surface area contributed by atoms with Crippen molar-refractivity contribution in [3.8, 4) is 0 Å². The van der Waals surface area contributed by atoms with Crippen molar-refractivity contribution in [3.63, 3.8) is 0 Å². The third-order valence-electron chi connectivity index (χ3n) is 3.27. The van der Waals surface area contributed by atoms with Gasteiger partial charge in [0.1, 0.15) is 5.60 Å². The van der Waals surface area contributed by atoms with Crippen LogP contribution >= 0.6 is 11.3 Å². The first-order chi connectivity index (χ1) is 9.78. The van der Waals surface area contributed by atoms with Crippen LogP contribution in [-0.4, -0.2) is 53.1 Å². The third-order valence-corrected chi connectivity index (χ3v) is 4.13. The summed E-state index contributed by atoms with van der Waals surface area (Å²) in [5.41, 5.74) is -0.496. The Morgan fingerprint density at radius 2 is 2.05 bits per heavy atom. The van der Waals surface area contributed by atoms with Crippen LogP contribution in [0.5, 0.6) is 0 Å². The van der Waals surface area contributed by atoms with Gasteiger partial charge in [-0.3, -0.25) is 4.79 Å². The maximum atomic E-state index is 12.4. The molecule has 1 aromatic heterocycles. The van der Waals surface area contributed by atoms with Crippen molar-refractivity contribution in [2.24, 2.45) is 0 Å². The number of piperazine rings is 1. The van der Waals surface area contributed by atoms with Gasteiger partial charge in [-0.1, -0.05) is 6.07 Å². The van der Waals surface area contributed by atoms with Gasteiger partial charge < -0.3 is 14.5 Å². The summed E-state index contributed by atoms with van der Waals surface area (Å²) in [4.78, 5) is 28.7. The predicted molar refractivity (Wildman–Crippen MR) is 82.6 cm³/mol. The molecule has 1 aliphatic rings. The highest BCUT2D eigenvalue weighted by Gasteiger charge is 2.32. The Hall–Kier alpha value is -1.56. The second-order valence-electron chi connectivity index (χ2n) is 6.25. The maximum Gasteiger partial charge on any atom is 0.410 e. The van der Waals surface area contributed by atoms with E-state index in [0.717, 1.165) is 4.88 Å². The molecule has 0 aliphatic carbocycles. The molecule has 0 spiro atoms. The van der Waals surface area contributed by atoms with Crippen molar-refractivity contribution in [1.29, 1.82) is 0 Å². The number of carbonyl (C=O) groups is 2. The van der Waals surface area contributed by atoms with Crippen LogP contribution in [0.25, 0.3) is 0 Å². The first kappa shape index (κ1) is 15.8. The molecule has 1 saturated heterocycles. The zero-order valence-electron chi connectivity index (χ0n) is 13.0. The van der Waals surface area contributed by atoms with E-state index in [9.17, 15) is 9.59 Å². The Kier molecular flexibility index (Phi) is 4.56. The fourth-order valence-electron chi connectivity index (χ4n) is 2.29. The van der Waals surface area contributed by atoms with Gasteiger partial charge in [0.15, 0.2) is 0 Å². The van der Waals surface area contributed by atoms with E-state index in [2.05, 4.69) is 0 Å². The number of nitrogens with zero attached hydrogens (tertiary/aromatic N) is 2. The average molecular weight is 310 g/mol. The Morgan fingerprint density at radius 1 is 1.33 bits per heavy atom. The molecule has 116 valence electrons. The summed E-state index contributed by atoms with van der Waals surface area (Å²) in [5, 5.41) is 1.90. The zero-order chi connectivity index (χ0) is 15.6. The molecule has 1 fully saturated rings. The largest absolute Gasteiger partial charge is 0.444 e. The fraction of sp³-hybridized carbons (Fsp3) is 0.600. The molecule has 0 radical (unpaired) electrons. The van der Waals surface area contributed by atoms with Crippen molar-refractivity contribution in [3.05, 3.63) is 22.4 Å². The van der Waals surface area contributed by atoms with Gasteiger partial charge in [0.05, 0.1) is 4.88 Å². The van der Waals surface area contributed by atoms with Crippen LogP contribution in [0.3, 0.4) is 0 Å². The molecule has 1 aliphatic heterocycles. The van der Waals surface area contributed by atoms with Crippen molar-refractivity contribution < 1.29 is 14.3 Å². The van der Waals surface area contributed by atoms with Crippen LogP contribution in [0.2, 0.25) is 0 Å². The number of hydrogen-bond donors (Lipinski definition) is 0. The molecule has 0 unspecified atom stereocenters. The number of rotatable bonds is 1. The minimum absolute atomic E-state index is 0.0131. The molecular formula is C15H22N2O3S. The van der Waals surface area contributed by atoms with Crippen molar-refractivity contribution in [2.75, 3.05) is 19.6 Å². The molecule has 2 heterocycles. The van der Waals surface area contributed by atoms with E-state index in [1.54, 1.807) is 4.90 Å². The van der Waals surface area contributed by atoms with E-state index in [0.29, 0.717) is 19.6 Å². The molecule has 6 heteroatoms. The molecule has 2 amide bonds. The van der Waals surface area contributed by atoms with Crippen LogP contribution in [-0.2, 0) is 4.74 Å². The highest BCUT2D eigenvalue weighted by molar-refractivity contribution is 7.12. The van der Waals surface area contributed by atoms with Gasteiger partial charge in [-0.05, 0) is 39.1 Å². The summed E-state index contributed by atoms with van der Waals surface area (Å²) in [5.74, 6) is 0.0429. The first-order valence-corrected chi connectivity index (χ1v) is 7.98. The predicted octanol–water partition coefficient (Wildman–Crippen LogP) is 2.83. The monoisotopic (exact) mass is 310 g/mol. The van der Waals surface area contributed by atoms with Crippen LogP contribution in [0.4, 0.5) is 4.79 Å². The van der Waals surface area contributed by atoms with Crippen molar-refractivity contribution in [1.82, 2.24) is 9.80 Å². The molecular weight excluding hydrogens is 288 g/mol. The summed E-state index contributed by atoms with van der Waals surface area (Å²) in [6.45, 7) is 9.07. The Labute approximate surface area is 129 Å². The number of ether oxygens (including phenoxy) is 1. The molecule has 5 nitrogen and oxygen atoms in total. The normalized spacial score (nSPS) is 19.5. The summed E-state index contributed by atoms with van der Waals surface area (Å²) >= 11 is 1.45. The van der Waals surface area contributed by atoms with E-state index < -0.39 is 5.60 Å². The van der Waals surface area contributed by atoms with Crippen LogP contribution < -0.4 is 0 Å². The standard InChI is InChI=1S/C15H22N2O3S/c1-11-10-16(14(19)20-15(2,3)4)7-8-17(11)13(18)12-6-5-9-21-12/h5-6,9,11H,7-8,10H2,1-4H3/t11-/m1/s1. The number of amides is 2. The minimum Gasteiger partial charge on any atom is -0.444 e. The summed E-state index contributed by atoms with van der Waals surface area (Å²) in [6, 6.07) is 3.69. The van der Waals surface area contributed by atoms with Gasteiger partial charge >= 0.3 is 6.09 Å². The van der Waals surface area contributed by atoms with E-state index in [-0.39, 0.29) is 18.0 Å². The molecule has 21 heavy (non-hydrogen) atoms. The third kappa shape index (κ3) is 3.97. The Bertz CT molecular complexity index is 507. The molecule has 2 rings (SSSR count). The summed E-state index contributed by atoms with van der Waals surface area (Å²) < 4.78 is 5.38. The Morgan fingerprint density at radius 3 is 2.57 bits per heavy atom. The lowest BCUT2D eigenvalue weighted by molar-refractivity contribution is 0.00626. The lowest BCUT2D eigenvalue weighted by Crippen LogP contribution is -2.56. The van der Waals surface area contributed by atoms with Gasteiger partial charge in [0.25, 0.3) is 5.91 Å².